The normalized spacial score (nSPS) is 29.0. The van der Waals surface area contributed by atoms with Gasteiger partial charge in [0.05, 0.1) is 62.2 Å². The average molecular weight is 1260 g/mol. The number of aliphatic hydroxyl groups excluding tert-OH is 3. The molecule has 6 aliphatic rings. The first-order valence-corrected chi connectivity index (χ1v) is 28.4. The highest BCUT2D eigenvalue weighted by Crippen LogP contribution is 2.53. The molecule has 2 aromatic rings. The molecule has 6 amide bonds. The molecule has 4 saturated heterocycles. The molecular weight excluding hydrogens is 1190 g/mol. The molecule has 2 aliphatic carbocycles. The summed E-state index contributed by atoms with van der Waals surface area (Å²) in [7, 11) is 2.75. The summed E-state index contributed by atoms with van der Waals surface area (Å²) in [5, 5.41) is 101. The molecule has 0 bridgehead atoms. The number of morpholine rings is 1. The van der Waals surface area contributed by atoms with Crippen LogP contribution in [0.5, 0.6) is 17.2 Å². The van der Waals surface area contributed by atoms with Crippen LogP contribution in [0.4, 0.5) is 0 Å². The molecule has 16 atom stereocenters. The first kappa shape index (κ1) is 65.9. The van der Waals surface area contributed by atoms with Crippen LogP contribution in [0.1, 0.15) is 103 Å². The molecule has 89 heavy (non-hydrogen) atoms. The fourth-order valence-corrected chi connectivity index (χ4v) is 11.6. The number of carbonyl (C=O) groups excluding carboxylic acids is 8. The number of aliphatic carboxylic acids is 2. The van der Waals surface area contributed by atoms with E-state index in [1.54, 1.807) is 6.92 Å². The third kappa shape index (κ3) is 14.6. The van der Waals surface area contributed by atoms with E-state index in [0.717, 1.165) is 0 Å². The Morgan fingerprint density at radius 3 is 2.21 bits per heavy atom. The average Bonchev–Trinajstić information content (AvgIpc) is 0.871. The summed E-state index contributed by atoms with van der Waals surface area (Å²) < 4.78 is 54.2. The largest absolute Gasteiger partial charge is 0.507 e. The van der Waals surface area contributed by atoms with Crippen molar-refractivity contribution in [2.75, 3.05) is 60.2 Å². The van der Waals surface area contributed by atoms with Crippen LogP contribution in [0.2, 0.25) is 0 Å². The van der Waals surface area contributed by atoms with Gasteiger partial charge in [-0.2, -0.15) is 0 Å². The fraction of sp³-hybridized carbons (Fsp3) is 0.607. The Morgan fingerprint density at radius 1 is 0.809 bits per heavy atom. The number of hydrogen-bond acceptors (Lipinski definition) is 25. The Kier molecular flexibility index (Phi) is 21.1. The van der Waals surface area contributed by atoms with Gasteiger partial charge in [-0.1, -0.05) is 26.0 Å². The number of benzene rings is 2. The Hall–Kier alpha value is -7.54. The number of ether oxygens (including phenoxy) is 8. The van der Waals surface area contributed by atoms with Crippen LogP contribution in [-0.2, 0) is 77.9 Å². The predicted molar refractivity (Wildman–Crippen MR) is 294 cm³/mol. The number of ketones is 2. The molecule has 33 heteroatoms. The van der Waals surface area contributed by atoms with Gasteiger partial charge in [0.25, 0.3) is 5.91 Å². The summed E-state index contributed by atoms with van der Waals surface area (Å²) in [5.41, 5.74) is -4.65. The summed E-state index contributed by atoms with van der Waals surface area (Å²) in [4.78, 5) is 133. The predicted octanol–water partition coefficient (Wildman–Crippen LogP) is -4.60. The van der Waals surface area contributed by atoms with E-state index < -0.39 is 231 Å². The number of carboxylic acids is 2. The van der Waals surface area contributed by atoms with E-state index in [1.807, 2.05) is 4.90 Å². The fourth-order valence-electron chi connectivity index (χ4n) is 11.6. The highest BCUT2D eigenvalue weighted by atomic mass is 16.7. The van der Waals surface area contributed by atoms with E-state index in [4.69, 9.17) is 44.4 Å². The van der Waals surface area contributed by atoms with Gasteiger partial charge in [-0.15, -0.1) is 0 Å². The van der Waals surface area contributed by atoms with Crippen molar-refractivity contribution in [1.82, 2.24) is 36.8 Å². The van der Waals surface area contributed by atoms with Crippen LogP contribution < -0.4 is 36.6 Å². The summed E-state index contributed by atoms with van der Waals surface area (Å²) >= 11 is 0. The molecule has 0 saturated carbocycles. The molecule has 4 aliphatic heterocycles. The standard InChI is InChI=1S/C56H73N7O26/c1-22(2)39(62-31(65)11-12-57-32(66)20-60-30(64)9-10-33(67)68)50(77)61-26(21-85-53-46(75)44(73)45(74)48(89-53)52(78)79)49(76)58-13-14-59-55(80)56(81)18-25-36(43(72)38-37(41(25)70)40(69)24-7-6-8-28(82-4)35(24)42(38)71)29(19-56)87-34-17-27-47(23(3)86-34)88-51-54(83-5)84-16-15-63(27)51/h6-8,22-23,26-27,29,34,39,44-48,51,53-54,70,72-75,81H,9-21H2,1-5H3,(H,57,66)(H,58,76)(H,59,80)(H,60,64)(H,61,77)(H,62,65)(H,67,68)(H,78,79)/t23-,26-,27-,29-,34+,39-,44-,45-,46+,47+,48-,51+,53+,54-,56-/m0/s1/i9T/t9?,23-,26-,27-,29-,34+,39-,44-,45-,46+,47+,48-,51+,53+,54-,56-. The maximum atomic E-state index is 14.4. The Morgan fingerprint density at radius 2 is 1.53 bits per heavy atom. The number of aliphatic hydroxyl groups is 4. The molecule has 33 nitrogen and oxygen atoms in total. The molecule has 14 N–H and O–H groups in total. The maximum absolute atomic E-state index is 14.4. The minimum Gasteiger partial charge on any atom is -0.507 e. The van der Waals surface area contributed by atoms with Crippen molar-refractivity contribution in [2.45, 2.75) is 151 Å². The molecule has 0 aromatic heterocycles. The van der Waals surface area contributed by atoms with Crippen molar-refractivity contribution in [3.05, 3.63) is 51.6 Å². The lowest BCUT2D eigenvalue weighted by molar-refractivity contribution is -0.294. The van der Waals surface area contributed by atoms with Crippen molar-refractivity contribution >= 4 is 58.9 Å². The zero-order valence-corrected chi connectivity index (χ0v) is 48.8. The van der Waals surface area contributed by atoms with Crippen molar-refractivity contribution in [3.63, 3.8) is 0 Å². The highest BCUT2D eigenvalue weighted by Gasteiger charge is 2.56. The topological polar surface area (TPSA) is 482 Å². The molecule has 4 fully saturated rings. The lowest BCUT2D eigenvalue weighted by Gasteiger charge is -2.43. The van der Waals surface area contributed by atoms with Crippen LogP contribution in [0.15, 0.2) is 18.2 Å². The van der Waals surface area contributed by atoms with Crippen LogP contribution in [0.3, 0.4) is 0 Å². The second kappa shape index (κ2) is 28.5. The number of nitrogens with one attached hydrogen (secondary N) is 6. The monoisotopic (exact) mass is 1260 g/mol. The second-order valence-corrected chi connectivity index (χ2v) is 22.3. The molecule has 4 heterocycles. The Bertz CT molecular complexity index is 3120. The molecule has 488 valence electrons. The number of aromatic hydroxyl groups is 2. The molecular formula is C56H73N7O26. The minimum absolute atomic E-state index is 0.00495. The molecule has 0 radical (unpaired) electrons. The third-order valence-electron chi connectivity index (χ3n) is 16.0. The van der Waals surface area contributed by atoms with E-state index in [9.17, 15) is 83.7 Å². The zero-order chi connectivity index (χ0) is 65.8. The SMILES string of the molecule is [3H]C(CC(=O)O)C(=O)NCC(=O)NCCC(=O)N[C@H](C(=O)N[C@@H](CO[C@@H]1O[C@H](C(=O)O)[C@@H](O)[C@H](O)[C@H]1O)C(=O)NCCNC(=O)[C@]1(O)Cc2c(O)c3c(c(O)c2[C@@H](O[C@@H]2C[C@H]4[C@H](O[C@@H]5[C@@H](OC)OCCN54)[C@H](C)O2)C1)C(=O)c1c(OC)cccc1C3=O)C(C)C. The van der Waals surface area contributed by atoms with Gasteiger partial charge in [0.2, 0.25) is 35.3 Å². The molecule has 1 unspecified atom stereocenters. The van der Waals surface area contributed by atoms with Crippen LogP contribution >= 0.6 is 0 Å². The van der Waals surface area contributed by atoms with Gasteiger partial charge in [0.1, 0.15) is 59.3 Å². The number of methoxy groups -OCH3 is 2. The van der Waals surface area contributed by atoms with E-state index in [-0.39, 0.29) is 47.0 Å². The van der Waals surface area contributed by atoms with Crippen molar-refractivity contribution in [3.8, 4) is 17.2 Å². The lowest BCUT2D eigenvalue weighted by atomic mass is 9.72. The second-order valence-electron chi connectivity index (χ2n) is 22.3. The summed E-state index contributed by atoms with van der Waals surface area (Å²) in [6.07, 6.45) is -19.9. The lowest BCUT2D eigenvalue weighted by Crippen LogP contribution is -2.61. The summed E-state index contributed by atoms with van der Waals surface area (Å²) in [6, 6.07) is 0.618. The first-order chi connectivity index (χ1) is 42.6. The number of phenols is 2. The van der Waals surface area contributed by atoms with Crippen LogP contribution in [0, 0.1) is 5.92 Å². The van der Waals surface area contributed by atoms with Crippen molar-refractivity contribution in [1.29, 1.82) is 0 Å². The van der Waals surface area contributed by atoms with Gasteiger partial charge in [-0.3, -0.25) is 48.1 Å². The van der Waals surface area contributed by atoms with Crippen LogP contribution in [-0.4, -0.2) is 250 Å². The summed E-state index contributed by atoms with van der Waals surface area (Å²) in [5.74, 6) is -13.1. The number of carboxylic acid groups (broad SMARTS) is 2. The van der Waals surface area contributed by atoms with E-state index in [1.165, 1.54) is 46.3 Å². The molecule has 2 aromatic carbocycles. The minimum atomic E-state index is -2.56. The number of carbonyl (C=O) groups is 10. The number of fused-ring (bicyclic) bond motifs is 6. The maximum Gasteiger partial charge on any atom is 0.335 e. The third-order valence-corrected chi connectivity index (χ3v) is 16.0. The van der Waals surface area contributed by atoms with Crippen LogP contribution in [0.25, 0.3) is 0 Å². The number of hydrogen-bond donors (Lipinski definition) is 14. The molecule has 0 spiro atoms. The van der Waals surface area contributed by atoms with Gasteiger partial charge in [0.15, 0.2) is 37.0 Å². The first-order valence-electron chi connectivity index (χ1n) is 29.0. The zero-order valence-electron chi connectivity index (χ0n) is 49.8. The number of rotatable bonds is 25. The number of phenolic OH excluding ortho intramolecular Hbond substituents is 2. The smallest absolute Gasteiger partial charge is 0.335 e. The van der Waals surface area contributed by atoms with Crippen molar-refractivity contribution < 1.29 is 128 Å². The van der Waals surface area contributed by atoms with E-state index >= 15 is 0 Å². The van der Waals surface area contributed by atoms with Gasteiger partial charge in [-0.25, -0.2) is 4.79 Å². The van der Waals surface area contributed by atoms with Gasteiger partial charge >= 0.3 is 11.9 Å². The Balaban J connectivity index is 0.976. The number of amides is 6. The highest BCUT2D eigenvalue weighted by molar-refractivity contribution is 6.31. The Labute approximate surface area is 508 Å². The van der Waals surface area contributed by atoms with Gasteiger partial charge in [-0.05, 0) is 18.9 Å². The molecule has 8 rings (SSSR count). The summed E-state index contributed by atoms with van der Waals surface area (Å²) in [6.45, 7) is 2.61. The number of nitrogens with zero attached hydrogens (tertiary/aromatic N) is 1. The van der Waals surface area contributed by atoms with Gasteiger partial charge < -0.3 is 111 Å². The van der Waals surface area contributed by atoms with E-state index in [0.29, 0.717) is 13.2 Å². The van der Waals surface area contributed by atoms with Crippen molar-refractivity contribution in [2.24, 2.45) is 5.92 Å². The van der Waals surface area contributed by atoms with Gasteiger partial charge in [0, 0.05) is 89.5 Å². The quantitative estimate of drug-likeness (QED) is 0.0280. The van der Waals surface area contributed by atoms with E-state index in [2.05, 4.69) is 31.9 Å².